The van der Waals surface area contributed by atoms with E-state index in [-0.39, 0.29) is 11.5 Å². The molecule has 4 rings (SSSR count). The Bertz CT molecular complexity index is 1040. The van der Waals surface area contributed by atoms with Gasteiger partial charge in [-0.05, 0) is 24.3 Å². The number of rotatable bonds is 3. The molecule has 0 atom stereocenters. The summed E-state index contributed by atoms with van der Waals surface area (Å²) in [4.78, 5) is 36.2. The smallest absolute Gasteiger partial charge is 0.258 e. The Labute approximate surface area is 161 Å². The number of H-pyrrole nitrogens is 1. The largest absolute Gasteiger partial charge is 0.336 e. The first kappa shape index (κ1) is 17.7. The predicted molar refractivity (Wildman–Crippen MR) is 105 cm³/mol. The van der Waals surface area contributed by atoms with Gasteiger partial charge in [0, 0.05) is 26.2 Å². The molecular formula is C20H19ClN4O2. The van der Waals surface area contributed by atoms with Gasteiger partial charge in [-0.15, -0.1) is 0 Å². The van der Waals surface area contributed by atoms with Crippen LogP contribution in [0.2, 0.25) is 5.02 Å². The van der Waals surface area contributed by atoms with Crippen molar-refractivity contribution in [2.75, 3.05) is 26.2 Å². The molecule has 138 valence electrons. The minimum absolute atomic E-state index is 0.0440. The molecule has 7 heteroatoms. The average molecular weight is 383 g/mol. The molecule has 1 saturated heterocycles. The van der Waals surface area contributed by atoms with Crippen LogP contribution in [0.5, 0.6) is 0 Å². The summed E-state index contributed by atoms with van der Waals surface area (Å²) in [5.74, 6) is 0.599. The van der Waals surface area contributed by atoms with Crippen LogP contribution in [0.3, 0.4) is 0 Å². The Morgan fingerprint density at radius 3 is 2.52 bits per heavy atom. The quantitative estimate of drug-likeness (QED) is 0.755. The fourth-order valence-electron chi connectivity index (χ4n) is 3.34. The number of hydrogen-bond acceptors (Lipinski definition) is 4. The van der Waals surface area contributed by atoms with Crippen molar-refractivity contribution >= 4 is 28.4 Å². The van der Waals surface area contributed by atoms with Crippen molar-refractivity contribution in [1.82, 2.24) is 19.8 Å². The van der Waals surface area contributed by atoms with Crippen LogP contribution in [0.25, 0.3) is 10.9 Å². The average Bonchev–Trinajstić information content (AvgIpc) is 2.68. The highest BCUT2D eigenvalue weighted by atomic mass is 35.5. The molecule has 1 fully saturated rings. The van der Waals surface area contributed by atoms with Crippen LogP contribution in [0.4, 0.5) is 0 Å². The van der Waals surface area contributed by atoms with Gasteiger partial charge in [-0.25, -0.2) is 4.98 Å². The molecule has 3 aromatic rings. The van der Waals surface area contributed by atoms with Gasteiger partial charge in [0.1, 0.15) is 5.82 Å². The number of aromatic nitrogens is 2. The summed E-state index contributed by atoms with van der Waals surface area (Å²) >= 11 is 6.14. The Kier molecular flexibility index (Phi) is 4.92. The zero-order valence-corrected chi connectivity index (χ0v) is 15.4. The number of halogens is 1. The maximum atomic E-state index is 12.6. The minimum atomic E-state index is -0.122. The number of benzene rings is 2. The Hall–Kier alpha value is -2.70. The molecule has 1 aliphatic heterocycles. The van der Waals surface area contributed by atoms with Gasteiger partial charge >= 0.3 is 0 Å². The number of nitrogens with zero attached hydrogens (tertiary/aromatic N) is 3. The maximum Gasteiger partial charge on any atom is 0.258 e. The summed E-state index contributed by atoms with van der Waals surface area (Å²) < 4.78 is 0. The zero-order valence-electron chi connectivity index (χ0n) is 14.7. The predicted octanol–water partition coefficient (Wildman–Crippen LogP) is 2.53. The van der Waals surface area contributed by atoms with E-state index in [1.165, 1.54) is 0 Å². The van der Waals surface area contributed by atoms with Crippen molar-refractivity contribution in [1.29, 1.82) is 0 Å². The van der Waals surface area contributed by atoms with Crippen LogP contribution in [-0.2, 0) is 6.54 Å². The third kappa shape index (κ3) is 3.72. The maximum absolute atomic E-state index is 12.6. The van der Waals surface area contributed by atoms with Gasteiger partial charge in [0.05, 0.1) is 28.0 Å². The Balaban J connectivity index is 1.42. The van der Waals surface area contributed by atoms with Gasteiger partial charge in [0.2, 0.25) is 0 Å². The summed E-state index contributed by atoms with van der Waals surface area (Å²) in [6, 6.07) is 14.4. The van der Waals surface area contributed by atoms with Gasteiger partial charge in [0.25, 0.3) is 11.5 Å². The van der Waals surface area contributed by atoms with Crippen molar-refractivity contribution in [3.05, 3.63) is 75.3 Å². The van der Waals surface area contributed by atoms with Gasteiger partial charge in [0.15, 0.2) is 0 Å². The lowest BCUT2D eigenvalue weighted by Crippen LogP contribution is -2.48. The molecule has 0 unspecified atom stereocenters. The minimum Gasteiger partial charge on any atom is -0.336 e. The molecule has 0 aliphatic carbocycles. The molecule has 2 aromatic carbocycles. The number of nitrogens with one attached hydrogen (secondary N) is 1. The Morgan fingerprint density at radius 1 is 1.04 bits per heavy atom. The highest BCUT2D eigenvalue weighted by Crippen LogP contribution is 2.18. The molecule has 27 heavy (non-hydrogen) atoms. The standard InChI is InChI=1S/C20H19ClN4O2/c21-16-7-3-1-5-14(16)20(27)25-11-9-24(10-12-25)13-18-22-17-8-4-2-6-15(17)19(26)23-18/h1-8H,9-13H2,(H,22,23,26). The van der Waals surface area contributed by atoms with Crippen LogP contribution >= 0.6 is 11.6 Å². The van der Waals surface area contributed by atoms with Gasteiger partial charge in [-0.1, -0.05) is 35.9 Å². The second kappa shape index (κ2) is 7.50. The second-order valence-corrected chi connectivity index (χ2v) is 6.99. The fraction of sp³-hybridized carbons (Fsp3) is 0.250. The van der Waals surface area contributed by atoms with E-state index in [2.05, 4.69) is 14.9 Å². The second-order valence-electron chi connectivity index (χ2n) is 6.58. The molecule has 1 amide bonds. The van der Waals surface area contributed by atoms with E-state index in [1.807, 2.05) is 35.2 Å². The molecule has 0 bridgehead atoms. The molecule has 0 saturated carbocycles. The van der Waals surface area contributed by atoms with E-state index < -0.39 is 0 Å². The molecule has 1 aliphatic rings. The lowest BCUT2D eigenvalue weighted by molar-refractivity contribution is 0.0625. The number of carbonyl (C=O) groups excluding carboxylic acids is 1. The van der Waals surface area contributed by atoms with Crippen molar-refractivity contribution in [3.8, 4) is 0 Å². The van der Waals surface area contributed by atoms with Gasteiger partial charge < -0.3 is 9.88 Å². The monoisotopic (exact) mass is 382 g/mol. The third-order valence-electron chi connectivity index (χ3n) is 4.80. The molecule has 2 heterocycles. The van der Waals surface area contributed by atoms with E-state index in [0.717, 1.165) is 0 Å². The van der Waals surface area contributed by atoms with Crippen LogP contribution in [0.15, 0.2) is 53.3 Å². The van der Waals surface area contributed by atoms with E-state index in [1.54, 1.807) is 18.2 Å². The highest BCUT2D eigenvalue weighted by Gasteiger charge is 2.23. The van der Waals surface area contributed by atoms with Crippen molar-refractivity contribution < 1.29 is 4.79 Å². The number of aromatic amines is 1. The van der Waals surface area contributed by atoms with Crippen molar-refractivity contribution in [3.63, 3.8) is 0 Å². The number of fused-ring (bicyclic) bond motifs is 1. The first-order valence-corrected chi connectivity index (χ1v) is 9.24. The van der Waals surface area contributed by atoms with Gasteiger partial charge in [-0.3, -0.25) is 14.5 Å². The van der Waals surface area contributed by atoms with Crippen LogP contribution in [-0.4, -0.2) is 51.9 Å². The molecule has 6 nitrogen and oxygen atoms in total. The fourth-order valence-corrected chi connectivity index (χ4v) is 3.55. The van der Waals surface area contributed by atoms with Crippen LogP contribution in [0.1, 0.15) is 16.2 Å². The normalized spacial score (nSPS) is 15.2. The van der Waals surface area contributed by atoms with Crippen molar-refractivity contribution in [2.24, 2.45) is 0 Å². The first-order chi connectivity index (χ1) is 13.1. The molecule has 0 radical (unpaired) electrons. The SMILES string of the molecule is O=C(c1ccccc1Cl)N1CCN(Cc2nc3ccccc3c(=O)[nH]2)CC1. The van der Waals surface area contributed by atoms with E-state index in [0.29, 0.717) is 60.0 Å². The topological polar surface area (TPSA) is 69.3 Å². The lowest BCUT2D eigenvalue weighted by Gasteiger charge is -2.34. The van der Waals surface area contributed by atoms with E-state index in [4.69, 9.17) is 11.6 Å². The number of para-hydroxylation sites is 1. The number of hydrogen-bond donors (Lipinski definition) is 1. The van der Waals surface area contributed by atoms with Crippen LogP contribution in [0, 0.1) is 0 Å². The molecule has 1 aromatic heterocycles. The van der Waals surface area contributed by atoms with E-state index >= 15 is 0 Å². The number of piperazine rings is 1. The van der Waals surface area contributed by atoms with Gasteiger partial charge in [-0.2, -0.15) is 0 Å². The summed E-state index contributed by atoms with van der Waals surface area (Å²) in [6.07, 6.45) is 0. The summed E-state index contributed by atoms with van der Waals surface area (Å²) in [7, 11) is 0. The molecule has 1 N–H and O–H groups in total. The summed E-state index contributed by atoms with van der Waals surface area (Å²) in [5.41, 5.74) is 1.11. The molecular weight excluding hydrogens is 364 g/mol. The summed E-state index contributed by atoms with van der Waals surface area (Å²) in [6.45, 7) is 3.21. The van der Waals surface area contributed by atoms with Crippen molar-refractivity contribution in [2.45, 2.75) is 6.54 Å². The summed E-state index contributed by atoms with van der Waals surface area (Å²) in [5, 5.41) is 1.07. The van der Waals surface area contributed by atoms with Crippen LogP contribution < -0.4 is 5.56 Å². The lowest BCUT2D eigenvalue weighted by atomic mass is 10.2. The number of amides is 1. The zero-order chi connectivity index (χ0) is 18.8. The number of carbonyl (C=O) groups is 1. The van der Waals surface area contributed by atoms with E-state index in [9.17, 15) is 9.59 Å². The first-order valence-electron chi connectivity index (χ1n) is 8.86. The molecule has 0 spiro atoms. The highest BCUT2D eigenvalue weighted by molar-refractivity contribution is 6.33. The third-order valence-corrected chi connectivity index (χ3v) is 5.13. The Morgan fingerprint density at radius 2 is 1.74 bits per heavy atom.